The molecule has 3 aromatic rings. The van der Waals surface area contributed by atoms with Crippen molar-refractivity contribution >= 4 is 51.2 Å². The number of carboxylic acids is 1. The molecular formula is C46H60N6O10S. The molecule has 5 aliphatic rings. The van der Waals surface area contributed by atoms with Crippen molar-refractivity contribution in [3.8, 4) is 22.9 Å². The van der Waals surface area contributed by atoms with Gasteiger partial charge in [0.1, 0.15) is 53.6 Å². The minimum absolute atomic E-state index is 0.0264. The van der Waals surface area contributed by atoms with E-state index in [1.54, 1.807) is 6.07 Å². The largest absolute Gasteiger partial charge is 0.491 e. The molecule has 2 saturated heterocycles. The summed E-state index contributed by atoms with van der Waals surface area (Å²) in [7, 11) is 0. The Balaban J connectivity index is 1.06. The van der Waals surface area contributed by atoms with Crippen molar-refractivity contribution in [2.24, 2.45) is 23.2 Å². The molecule has 2 aromatic heterocycles. The molecule has 5 fully saturated rings. The van der Waals surface area contributed by atoms with Crippen LogP contribution in [0.3, 0.4) is 0 Å². The fraction of sp³-hybridized carbons (Fsp3) is 0.609. The summed E-state index contributed by atoms with van der Waals surface area (Å²) in [6, 6.07) is 5.29. The molecule has 3 amide bonds. The van der Waals surface area contributed by atoms with Crippen LogP contribution in [0.4, 0.5) is 9.93 Å². The van der Waals surface area contributed by atoms with Crippen molar-refractivity contribution < 1.29 is 48.0 Å². The highest BCUT2D eigenvalue weighted by atomic mass is 32.1. The number of nitrogens with one attached hydrogen (secondary N) is 3. The molecule has 9 atom stereocenters. The summed E-state index contributed by atoms with van der Waals surface area (Å²) in [4.78, 5) is 66.0. The number of aliphatic carboxylic acids is 1. The Kier molecular flexibility index (Phi) is 12.9. The number of fused-ring (bicyclic) bond motifs is 2. The number of ether oxygens (including phenoxy) is 5. The van der Waals surface area contributed by atoms with E-state index in [1.807, 2.05) is 58.2 Å². The summed E-state index contributed by atoms with van der Waals surface area (Å²) in [5, 5.41) is 22.4. The van der Waals surface area contributed by atoms with Crippen molar-refractivity contribution in [1.29, 1.82) is 0 Å². The second-order valence-electron chi connectivity index (χ2n) is 19.0. The summed E-state index contributed by atoms with van der Waals surface area (Å²) in [5.41, 5.74) is -0.566. The second kappa shape index (κ2) is 18.2. The van der Waals surface area contributed by atoms with E-state index in [4.69, 9.17) is 33.7 Å². The molecule has 63 heavy (non-hydrogen) atoms. The number of hydrogen-bond acceptors (Lipinski definition) is 13. The summed E-state index contributed by atoms with van der Waals surface area (Å²) in [6.07, 6.45) is 5.69. The zero-order chi connectivity index (χ0) is 44.6. The number of anilines is 1. The van der Waals surface area contributed by atoms with Crippen molar-refractivity contribution in [1.82, 2.24) is 25.5 Å². The highest BCUT2D eigenvalue weighted by Crippen LogP contribution is 2.52. The molecule has 1 aromatic carbocycles. The first-order chi connectivity index (χ1) is 30.1. The van der Waals surface area contributed by atoms with Gasteiger partial charge in [-0.3, -0.25) is 9.59 Å². The fourth-order valence-electron chi connectivity index (χ4n) is 9.13. The van der Waals surface area contributed by atoms with Gasteiger partial charge in [-0.05, 0) is 88.2 Å². The van der Waals surface area contributed by atoms with Gasteiger partial charge in [0.05, 0.1) is 24.4 Å². The van der Waals surface area contributed by atoms with Gasteiger partial charge in [0.25, 0.3) is 0 Å². The maximum atomic E-state index is 14.8. The molecule has 2 aliphatic heterocycles. The molecule has 8 rings (SSSR count). The van der Waals surface area contributed by atoms with E-state index in [2.05, 4.69) is 22.5 Å². The predicted molar refractivity (Wildman–Crippen MR) is 235 cm³/mol. The average molecular weight is 889 g/mol. The van der Waals surface area contributed by atoms with Crippen molar-refractivity contribution in [2.75, 3.05) is 31.7 Å². The van der Waals surface area contributed by atoms with Gasteiger partial charge >= 0.3 is 12.1 Å². The van der Waals surface area contributed by atoms with Crippen LogP contribution in [0.25, 0.3) is 22.3 Å². The number of carbonyl (C=O) groups is 4. The second-order valence-corrected chi connectivity index (χ2v) is 19.9. The minimum Gasteiger partial charge on any atom is -0.491 e. The predicted octanol–water partition coefficient (Wildman–Crippen LogP) is 6.53. The molecular weight excluding hydrogens is 829 g/mol. The van der Waals surface area contributed by atoms with Gasteiger partial charge in [0.15, 0.2) is 11.4 Å². The van der Waals surface area contributed by atoms with E-state index in [0.717, 1.165) is 37.2 Å². The zero-order valence-electron chi connectivity index (χ0n) is 36.7. The van der Waals surface area contributed by atoms with Gasteiger partial charge in [-0.2, -0.15) is 0 Å². The molecule has 0 radical (unpaired) electrons. The number of aromatic nitrogens is 2. The minimum atomic E-state index is -1.53. The number of carboxylic acid groups (broad SMARTS) is 1. The summed E-state index contributed by atoms with van der Waals surface area (Å²) in [6.45, 7) is 14.7. The van der Waals surface area contributed by atoms with E-state index in [-0.39, 0.29) is 37.8 Å². The van der Waals surface area contributed by atoms with Gasteiger partial charge in [0.2, 0.25) is 11.8 Å². The van der Waals surface area contributed by atoms with Gasteiger partial charge in [-0.25, -0.2) is 19.6 Å². The number of rotatable bonds is 17. The molecule has 2 unspecified atom stereocenters. The monoisotopic (exact) mass is 888 g/mol. The van der Waals surface area contributed by atoms with E-state index >= 15 is 0 Å². The Labute approximate surface area is 371 Å². The van der Waals surface area contributed by atoms with E-state index in [1.165, 1.54) is 28.7 Å². The Bertz CT molecular complexity index is 2190. The molecule has 16 nitrogen and oxygen atoms in total. The first kappa shape index (κ1) is 44.6. The topological polar surface area (TPSA) is 200 Å². The number of hydrogen-bond donors (Lipinski definition) is 4. The quantitative estimate of drug-likeness (QED) is 0.0843. The molecule has 17 heteroatoms. The Hall–Kier alpha value is -5.00. The average Bonchev–Trinajstić information content (AvgIpc) is 3.91. The number of amides is 3. The Morgan fingerprint density at radius 1 is 1.05 bits per heavy atom. The van der Waals surface area contributed by atoms with Crippen molar-refractivity contribution in [3.05, 3.63) is 42.3 Å². The maximum absolute atomic E-state index is 14.8. The highest BCUT2D eigenvalue weighted by molar-refractivity contribution is 7.14. The number of likely N-dealkylation sites (tertiary alicyclic amines) is 1. The standard InChI is InChI=1S/C46H60N6O10S/c1-7-28-22-46(28,42(55)56)51-40(53)36-20-31(23-52(36)41(54)39(45(4,5)6)50-44(57)62-30-17-26-16-27(26)18-30)61-37-21-34(35-24-63-43(49-35)47-25(2)3)48-33-19-29(11-12-32(33)37)58-14-15-60-38-10-8-9-13-59-38/h7,11-12,19,21,24-28,30-31,36,38-39H,1,8-10,13-18,20,22-23H2,2-6H3,(H,47,49)(H,50,57)(H,51,53)(H,55,56)/t26-,27+,28-,30?,31+,36+,38?,39-,46+/m1/s1. The van der Waals surface area contributed by atoms with Crippen LogP contribution in [0, 0.1) is 23.2 Å². The molecule has 340 valence electrons. The number of carbonyl (C=O) groups excluding carboxylic acids is 3. The summed E-state index contributed by atoms with van der Waals surface area (Å²) < 4.78 is 30.2. The normalized spacial score (nSPS) is 27.9. The van der Waals surface area contributed by atoms with Crippen LogP contribution < -0.4 is 25.4 Å². The van der Waals surface area contributed by atoms with E-state index in [9.17, 15) is 24.3 Å². The third-order valence-corrected chi connectivity index (χ3v) is 13.5. The van der Waals surface area contributed by atoms with Gasteiger partial charge in [0, 0.05) is 47.9 Å². The Morgan fingerprint density at radius 2 is 1.84 bits per heavy atom. The highest BCUT2D eigenvalue weighted by Gasteiger charge is 2.61. The van der Waals surface area contributed by atoms with Crippen LogP contribution in [0.1, 0.15) is 86.0 Å². The molecule has 0 bridgehead atoms. The molecule has 3 saturated carbocycles. The molecule has 4 heterocycles. The third-order valence-electron chi connectivity index (χ3n) is 12.7. The lowest BCUT2D eigenvalue weighted by atomic mass is 9.85. The van der Waals surface area contributed by atoms with Gasteiger partial charge in [-0.15, -0.1) is 17.9 Å². The molecule has 4 N–H and O–H groups in total. The zero-order valence-corrected chi connectivity index (χ0v) is 37.5. The van der Waals surface area contributed by atoms with E-state index in [0.29, 0.717) is 65.4 Å². The lowest BCUT2D eigenvalue weighted by molar-refractivity contribution is -0.165. The number of alkyl carbamates (subject to hydrolysis) is 1. The van der Waals surface area contributed by atoms with Crippen LogP contribution >= 0.6 is 11.3 Å². The number of nitrogens with zero attached hydrogens (tertiary/aromatic N) is 3. The van der Waals surface area contributed by atoms with Crippen LogP contribution in [-0.4, -0.2) is 112 Å². The summed E-state index contributed by atoms with van der Waals surface area (Å²) >= 11 is 1.46. The van der Waals surface area contributed by atoms with Crippen LogP contribution in [0.2, 0.25) is 0 Å². The van der Waals surface area contributed by atoms with Gasteiger partial charge < -0.3 is 49.6 Å². The number of pyridine rings is 1. The third kappa shape index (κ3) is 10.2. The smallest absolute Gasteiger partial charge is 0.408 e. The SMILES string of the molecule is C=C[C@@H]1C[C@@]1(NC(=O)[C@@H]1C[C@H](Oc2cc(-c3csc(NC(C)C)n3)nc3cc(OCCOC4CCCCO4)ccc23)CN1C(=O)[C@@H](NC(=O)OC1C[C@@H]2C[C@@H]2C1)C(C)(C)C)C(=O)O. The van der Waals surface area contributed by atoms with Gasteiger partial charge in [-0.1, -0.05) is 26.8 Å². The maximum Gasteiger partial charge on any atom is 0.408 e. The van der Waals surface area contributed by atoms with Crippen LogP contribution in [-0.2, 0) is 28.6 Å². The van der Waals surface area contributed by atoms with Crippen LogP contribution in [0.5, 0.6) is 11.5 Å². The lowest BCUT2D eigenvalue weighted by Gasteiger charge is -2.35. The lowest BCUT2D eigenvalue weighted by Crippen LogP contribution is -2.59. The molecule has 3 aliphatic carbocycles. The Morgan fingerprint density at radius 3 is 2.52 bits per heavy atom. The van der Waals surface area contributed by atoms with Crippen molar-refractivity contribution in [3.63, 3.8) is 0 Å². The first-order valence-electron chi connectivity index (χ1n) is 22.3. The summed E-state index contributed by atoms with van der Waals surface area (Å²) in [5.74, 6) is -0.552. The number of thiazole rings is 1. The molecule has 0 spiro atoms. The van der Waals surface area contributed by atoms with E-state index < -0.39 is 58.9 Å². The van der Waals surface area contributed by atoms with Crippen LogP contribution in [0.15, 0.2) is 42.3 Å². The fourth-order valence-corrected chi connectivity index (χ4v) is 9.98. The first-order valence-corrected chi connectivity index (χ1v) is 23.1. The number of benzene rings is 1. The van der Waals surface area contributed by atoms with Crippen molar-refractivity contribution in [2.45, 2.75) is 128 Å².